The molecule has 0 unspecified atom stereocenters. The molecule has 1 fully saturated rings. The van der Waals surface area contributed by atoms with Crippen LogP contribution in [-0.2, 0) is 11.2 Å². The number of amides is 2. The van der Waals surface area contributed by atoms with Crippen molar-refractivity contribution in [3.8, 4) is 5.75 Å². The van der Waals surface area contributed by atoms with Crippen molar-refractivity contribution in [2.24, 2.45) is 0 Å². The smallest absolute Gasteiger partial charge is 0.255 e. The van der Waals surface area contributed by atoms with Crippen molar-refractivity contribution in [2.75, 3.05) is 31.6 Å². The van der Waals surface area contributed by atoms with Gasteiger partial charge < -0.3 is 19.9 Å². The number of ether oxygens (including phenoxy) is 1. The molecule has 30 heavy (non-hydrogen) atoms. The van der Waals surface area contributed by atoms with E-state index in [4.69, 9.17) is 4.74 Å². The predicted octanol–water partition coefficient (Wildman–Crippen LogP) is 2.97. The van der Waals surface area contributed by atoms with Gasteiger partial charge in [0.2, 0.25) is 5.91 Å². The van der Waals surface area contributed by atoms with Crippen LogP contribution in [0.4, 0.5) is 10.1 Å². The molecule has 1 N–H and O–H groups in total. The second-order valence-corrected chi connectivity index (χ2v) is 7.80. The third-order valence-electron chi connectivity index (χ3n) is 6.13. The zero-order valence-corrected chi connectivity index (χ0v) is 17.3. The fraction of sp³-hybridized carbons (Fsp3) is 0.391. The first-order valence-corrected chi connectivity index (χ1v) is 10.3. The Hall–Kier alpha value is -3.09. The number of likely N-dealkylation sites (tertiary alicyclic amines) is 1. The number of methoxy groups -OCH3 is 1. The van der Waals surface area contributed by atoms with Crippen LogP contribution < -0.4 is 15.0 Å². The van der Waals surface area contributed by atoms with Gasteiger partial charge in [-0.3, -0.25) is 9.59 Å². The number of fused-ring (bicyclic) bond motifs is 1. The first-order valence-electron chi connectivity index (χ1n) is 10.3. The van der Waals surface area contributed by atoms with Crippen molar-refractivity contribution in [2.45, 2.75) is 31.8 Å². The molecule has 0 saturated carbocycles. The minimum Gasteiger partial charge on any atom is -0.497 e. The van der Waals surface area contributed by atoms with Crippen molar-refractivity contribution in [1.82, 2.24) is 10.2 Å². The number of nitrogens with one attached hydrogen (secondary N) is 1. The summed E-state index contributed by atoms with van der Waals surface area (Å²) in [5, 5.41) is 3.11. The minimum atomic E-state index is -0.548. The maximum atomic E-state index is 13.6. The van der Waals surface area contributed by atoms with Gasteiger partial charge in [-0.15, -0.1) is 0 Å². The molecule has 7 heteroatoms. The summed E-state index contributed by atoms with van der Waals surface area (Å²) in [7, 11) is 1.61. The van der Waals surface area contributed by atoms with E-state index < -0.39 is 11.5 Å². The molecule has 6 nitrogen and oxygen atoms in total. The molecule has 2 aromatic carbocycles. The number of hydrogen-bond acceptors (Lipinski definition) is 4. The first kappa shape index (κ1) is 20.2. The average molecular weight is 411 g/mol. The molecule has 2 amide bonds. The molecule has 2 aliphatic heterocycles. The fourth-order valence-corrected chi connectivity index (χ4v) is 4.53. The van der Waals surface area contributed by atoms with Crippen molar-refractivity contribution < 1.29 is 18.7 Å². The highest BCUT2D eigenvalue weighted by molar-refractivity contribution is 6.02. The lowest BCUT2D eigenvalue weighted by Crippen LogP contribution is -2.68. The highest BCUT2D eigenvalue weighted by atomic mass is 19.1. The lowest BCUT2D eigenvalue weighted by Gasteiger charge is -2.52. The number of halogens is 1. The number of rotatable bonds is 4. The van der Waals surface area contributed by atoms with Crippen LogP contribution in [-0.4, -0.2) is 49.1 Å². The molecular weight excluding hydrogens is 385 g/mol. The third kappa shape index (κ3) is 3.60. The summed E-state index contributed by atoms with van der Waals surface area (Å²) in [6.07, 6.45) is 1.58. The van der Waals surface area contributed by atoms with E-state index in [9.17, 15) is 14.0 Å². The van der Waals surface area contributed by atoms with Crippen LogP contribution in [0.5, 0.6) is 5.75 Å². The van der Waals surface area contributed by atoms with Crippen molar-refractivity contribution in [3.05, 3.63) is 59.4 Å². The van der Waals surface area contributed by atoms with Gasteiger partial charge in [0.15, 0.2) is 0 Å². The molecule has 1 saturated heterocycles. The summed E-state index contributed by atoms with van der Waals surface area (Å²) >= 11 is 0. The Morgan fingerprint density at radius 1 is 1.17 bits per heavy atom. The molecule has 2 aliphatic rings. The number of carbonyl (C=O) groups excluding carboxylic acids is 2. The number of piperidine rings is 1. The SMILES string of the molecule is CCN1c2ccc(F)cc2C(=O)NC12CCN(C(=O)Cc1ccc(OC)cc1)CC2. The lowest BCUT2D eigenvalue weighted by atomic mass is 9.89. The molecule has 0 aromatic heterocycles. The van der Waals surface area contributed by atoms with E-state index in [1.807, 2.05) is 36.1 Å². The van der Waals surface area contributed by atoms with E-state index in [0.717, 1.165) is 17.0 Å². The number of hydrogen-bond donors (Lipinski definition) is 1. The Bertz CT molecular complexity index is 953. The van der Waals surface area contributed by atoms with Gasteiger partial charge in [0, 0.05) is 32.5 Å². The summed E-state index contributed by atoms with van der Waals surface area (Å²) in [6, 6.07) is 11.9. The van der Waals surface area contributed by atoms with Gasteiger partial charge in [0.05, 0.1) is 24.8 Å². The Kier molecular flexibility index (Phi) is 5.37. The van der Waals surface area contributed by atoms with Crippen LogP contribution in [0.25, 0.3) is 0 Å². The van der Waals surface area contributed by atoms with E-state index in [1.165, 1.54) is 12.1 Å². The number of anilines is 1. The molecular formula is C23H26FN3O3. The van der Waals surface area contributed by atoms with Crippen molar-refractivity contribution in [1.29, 1.82) is 0 Å². The Morgan fingerprint density at radius 3 is 2.50 bits per heavy atom. The van der Waals surface area contributed by atoms with Crippen molar-refractivity contribution >= 4 is 17.5 Å². The maximum Gasteiger partial charge on any atom is 0.255 e. The van der Waals surface area contributed by atoms with Crippen LogP contribution in [0.2, 0.25) is 0 Å². The molecule has 2 aromatic rings. The van der Waals surface area contributed by atoms with Gasteiger partial charge in [-0.05, 0) is 42.8 Å². The number of benzene rings is 2. The molecule has 1 spiro atoms. The molecule has 4 rings (SSSR count). The third-order valence-corrected chi connectivity index (χ3v) is 6.13. The Morgan fingerprint density at radius 2 is 1.87 bits per heavy atom. The quantitative estimate of drug-likeness (QED) is 0.840. The normalized spacial score (nSPS) is 17.5. The van der Waals surface area contributed by atoms with Gasteiger partial charge >= 0.3 is 0 Å². The van der Waals surface area contributed by atoms with Crippen LogP contribution in [0.15, 0.2) is 42.5 Å². The largest absolute Gasteiger partial charge is 0.497 e. The van der Waals surface area contributed by atoms with Crippen LogP contribution in [0.1, 0.15) is 35.7 Å². The van der Waals surface area contributed by atoms with Crippen LogP contribution in [0, 0.1) is 5.82 Å². The van der Waals surface area contributed by atoms with E-state index in [-0.39, 0.29) is 11.8 Å². The van der Waals surface area contributed by atoms with E-state index >= 15 is 0 Å². The number of carbonyl (C=O) groups is 2. The monoisotopic (exact) mass is 411 g/mol. The molecule has 0 bridgehead atoms. The Labute approximate surface area is 175 Å². The molecule has 2 heterocycles. The zero-order chi connectivity index (χ0) is 21.3. The molecule has 0 aliphatic carbocycles. The Balaban J connectivity index is 1.46. The first-order chi connectivity index (χ1) is 14.5. The van der Waals surface area contributed by atoms with E-state index in [1.54, 1.807) is 13.2 Å². The van der Waals surface area contributed by atoms with Crippen LogP contribution in [0.3, 0.4) is 0 Å². The maximum absolute atomic E-state index is 13.6. The summed E-state index contributed by atoms with van der Waals surface area (Å²) in [4.78, 5) is 29.5. The molecule has 0 radical (unpaired) electrons. The fourth-order valence-electron chi connectivity index (χ4n) is 4.53. The summed E-state index contributed by atoms with van der Waals surface area (Å²) in [6.45, 7) is 3.82. The standard InChI is InChI=1S/C23H26FN3O3/c1-3-27-20-9-6-17(24)15-19(20)22(29)25-23(27)10-12-26(13-11-23)21(28)14-16-4-7-18(30-2)8-5-16/h4-9,15H,3,10-14H2,1-2H3,(H,25,29). The summed E-state index contributed by atoms with van der Waals surface area (Å²) < 4.78 is 18.8. The van der Waals surface area contributed by atoms with Gasteiger partial charge in [-0.2, -0.15) is 0 Å². The summed E-state index contributed by atoms with van der Waals surface area (Å²) in [5.41, 5.74) is 1.51. The highest BCUT2D eigenvalue weighted by Crippen LogP contribution is 2.37. The van der Waals surface area contributed by atoms with E-state index in [0.29, 0.717) is 44.5 Å². The number of nitrogens with zero attached hydrogens (tertiary/aromatic N) is 2. The van der Waals surface area contributed by atoms with Gasteiger partial charge in [0.25, 0.3) is 5.91 Å². The zero-order valence-electron chi connectivity index (χ0n) is 17.3. The second kappa shape index (κ2) is 7.97. The highest BCUT2D eigenvalue weighted by Gasteiger charge is 2.45. The summed E-state index contributed by atoms with van der Waals surface area (Å²) in [5.74, 6) is 0.156. The van der Waals surface area contributed by atoms with Crippen LogP contribution >= 0.6 is 0 Å². The van der Waals surface area contributed by atoms with Gasteiger partial charge in [0.1, 0.15) is 17.2 Å². The second-order valence-electron chi connectivity index (χ2n) is 7.80. The topological polar surface area (TPSA) is 61.9 Å². The van der Waals surface area contributed by atoms with Gasteiger partial charge in [-0.25, -0.2) is 4.39 Å². The average Bonchev–Trinajstić information content (AvgIpc) is 2.75. The predicted molar refractivity (Wildman–Crippen MR) is 112 cm³/mol. The molecule has 158 valence electrons. The minimum absolute atomic E-state index is 0.0719. The molecule has 0 atom stereocenters. The van der Waals surface area contributed by atoms with Crippen molar-refractivity contribution in [3.63, 3.8) is 0 Å². The van der Waals surface area contributed by atoms with E-state index in [2.05, 4.69) is 10.2 Å². The van der Waals surface area contributed by atoms with Gasteiger partial charge in [-0.1, -0.05) is 12.1 Å². The lowest BCUT2D eigenvalue weighted by molar-refractivity contribution is -0.132.